The average Bonchev–Trinajstić information content (AvgIpc) is 2.93. The van der Waals surface area contributed by atoms with Crippen LogP contribution in [0.2, 0.25) is 5.02 Å². The van der Waals surface area contributed by atoms with E-state index in [4.69, 9.17) is 25.8 Å². The molecule has 0 aliphatic carbocycles. The van der Waals surface area contributed by atoms with Gasteiger partial charge >= 0.3 is 6.03 Å². The highest BCUT2D eigenvalue weighted by Gasteiger charge is 2.37. The molecule has 0 atom stereocenters. The van der Waals surface area contributed by atoms with Gasteiger partial charge < -0.3 is 19.5 Å². The van der Waals surface area contributed by atoms with Crippen molar-refractivity contribution in [3.8, 4) is 17.2 Å². The smallest absolute Gasteiger partial charge is 0.335 e. The van der Waals surface area contributed by atoms with Gasteiger partial charge in [-0.2, -0.15) is 0 Å². The molecule has 5 amide bonds. The number of hydrogen-bond donors (Lipinski definition) is 2. The van der Waals surface area contributed by atoms with Crippen molar-refractivity contribution in [2.45, 2.75) is 13.8 Å². The molecule has 1 heterocycles. The number of rotatable bonds is 9. The molecular formula is C29H26ClN3O7. The van der Waals surface area contributed by atoms with E-state index in [0.717, 1.165) is 4.90 Å². The summed E-state index contributed by atoms with van der Waals surface area (Å²) in [7, 11) is 1.50. The first-order valence-electron chi connectivity index (χ1n) is 12.2. The van der Waals surface area contributed by atoms with Crippen molar-refractivity contribution < 1.29 is 33.4 Å². The van der Waals surface area contributed by atoms with E-state index in [1.165, 1.54) is 13.2 Å². The van der Waals surface area contributed by atoms with Crippen molar-refractivity contribution in [1.29, 1.82) is 0 Å². The third-order valence-corrected chi connectivity index (χ3v) is 6.31. The van der Waals surface area contributed by atoms with Gasteiger partial charge in [0.2, 0.25) is 0 Å². The van der Waals surface area contributed by atoms with Crippen LogP contribution in [0, 0.1) is 6.92 Å². The Balaban J connectivity index is 1.55. The number of amides is 5. The standard InChI is InChI=1S/C29H26ClN3O7/c1-4-39-25-15-18(12-13-24(25)40-16-26(34)31-21-9-5-6-11-23(21)38-3)14-19-27(35)32-29(37)33(28(19)36)22-10-7-8-20(30)17(22)2/h5-15H,4,16H2,1-3H3,(H,31,34)(H,32,35,37)/b19-14-. The Hall–Kier alpha value is -4.83. The molecule has 40 heavy (non-hydrogen) atoms. The number of ether oxygens (including phenoxy) is 3. The second kappa shape index (κ2) is 12.4. The molecule has 3 aromatic rings. The Bertz CT molecular complexity index is 1520. The molecule has 206 valence electrons. The lowest BCUT2D eigenvalue weighted by molar-refractivity contribution is -0.122. The van der Waals surface area contributed by atoms with Gasteiger partial charge in [0.15, 0.2) is 18.1 Å². The number of anilines is 2. The molecule has 3 aromatic carbocycles. The highest BCUT2D eigenvalue weighted by molar-refractivity contribution is 6.40. The van der Waals surface area contributed by atoms with Crippen LogP contribution in [0.4, 0.5) is 16.2 Å². The van der Waals surface area contributed by atoms with Gasteiger partial charge in [-0.1, -0.05) is 35.9 Å². The van der Waals surface area contributed by atoms with E-state index >= 15 is 0 Å². The summed E-state index contributed by atoms with van der Waals surface area (Å²) in [5, 5.41) is 5.29. The molecule has 1 aliphatic rings. The van der Waals surface area contributed by atoms with Crippen molar-refractivity contribution in [1.82, 2.24) is 5.32 Å². The predicted molar refractivity (Wildman–Crippen MR) is 150 cm³/mol. The van der Waals surface area contributed by atoms with E-state index in [1.807, 2.05) is 0 Å². The molecule has 1 aliphatic heterocycles. The number of nitrogens with one attached hydrogen (secondary N) is 2. The fourth-order valence-corrected chi connectivity index (χ4v) is 4.13. The minimum absolute atomic E-state index is 0.258. The summed E-state index contributed by atoms with van der Waals surface area (Å²) in [6.07, 6.45) is 1.34. The number of imide groups is 2. The number of hydrogen-bond acceptors (Lipinski definition) is 7. The lowest BCUT2D eigenvalue weighted by Crippen LogP contribution is -2.54. The molecule has 4 rings (SSSR count). The topological polar surface area (TPSA) is 123 Å². The van der Waals surface area contributed by atoms with Crippen LogP contribution >= 0.6 is 11.6 Å². The summed E-state index contributed by atoms with van der Waals surface area (Å²) < 4.78 is 16.6. The van der Waals surface area contributed by atoms with Gasteiger partial charge in [0.25, 0.3) is 17.7 Å². The normalized spacial score (nSPS) is 14.2. The van der Waals surface area contributed by atoms with Crippen LogP contribution in [0.15, 0.2) is 66.2 Å². The molecule has 2 N–H and O–H groups in total. The van der Waals surface area contributed by atoms with Crippen LogP contribution < -0.4 is 29.7 Å². The highest BCUT2D eigenvalue weighted by atomic mass is 35.5. The zero-order valence-electron chi connectivity index (χ0n) is 21.9. The maximum atomic E-state index is 13.3. The van der Waals surface area contributed by atoms with Gasteiger partial charge in [0.1, 0.15) is 11.3 Å². The molecule has 0 spiro atoms. The lowest BCUT2D eigenvalue weighted by atomic mass is 10.1. The van der Waals surface area contributed by atoms with Crippen LogP contribution in [-0.2, 0) is 14.4 Å². The van der Waals surface area contributed by atoms with Crippen LogP contribution in [0.1, 0.15) is 18.1 Å². The quantitative estimate of drug-likeness (QED) is 0.285. The third-order valence-electron chi connectivity index (χ3n) is 5.90. The Morgan fingerprint density at radius 2 is 1.77 bits per heavy atom. The predicted octanol–water partition coefficient (Wildman–Crippen LogP) is 4.74. The zero-order chi connectivity index (χ0) is 28.8. The number of nitrogens with zero attached hydrogens (tertiary/aromatic N) is 1. The van der Waals surface area contributed by atoms with Gasteiger partial charge in [-0.05, 0) is 67.4 Å². The summed E-state index contributed by atoms with van der Waals surface area (Å²) in [6, 6.07) is 15.6. The first-order valence-corrected chi connectivity index (χ1v) is 12.6. The van der Waals surface area contributed by atoms with E-state index in [9.17, 15) is 19.2 Å². The van der Waals surface area contributed by atoms with Crippen LogP contribution in [0.3, 0.4) is 0 Å². The largest absolute Gasteiger partial charge is 0.495 e. The molecule has 1 saturated heterocycles. The number of methoxy groups -OCH3 is 1. The number of urea groups is 1. The fraction of sp³-hybridized carbons (Fsp3) is 0.172. The summed E-state index contributed by atoms with van der Waals surface area (Å²) >= 11 is 6.18. The highest BCUT2D eigenvalue weighted by Crippen LogP contribution is 2.32. The van der Waals surface area contributed by atoms with Crippen molar-refractivity contribution in [3.63, 3.8) is 0 Å². The molecule has 0 unspecified atom stereocenters. The molecule has 0 aromatic heterocycles. The second-order valence-corrected chi connectivity index (χ2v) is 8.93. The molecule has 10 nitrogen and oxygen atoms in total. The van der Waals surface area contributed by atoms with Crippen LogP contribution in [0.5, 0.6) is 17.2 Å². The van der Waals surface area contributed by atoms with Crippen molar-refractivity contribution >= 4 is 52.8 Å². The van der Waals surface area contributed by atoms with Gasteiger partial charge in [0.05, 0.1) is 25.1 Å². The van der Waals surface area contributed by atoms with Gasteiger partial charge in [-0.3, -0.25) is 19.7 Å². The number of carbonyl (C=O) groups is 4. The van der Waals surface area contributed by atoms with E-state index < -0.39 is 23.8 Å². The summed E-state index contributed by atoms with van der Waals surface area (Å²) in [6.45, 7) is 3.43. The van der Waals surface area contributed by atoms with Crippen molar-refractivity contribution in [2.24, 2.45) is 0 Å². The summed E-state index contributed by atoms with van der Waals surface area (Å²) in [5.74, 6) is -0.962. The van der Waals surface area contributed by atoms with Gasteiger partial charge in [-0.15, -0.1) is 0 Å². The number of carbonyl (C=O) groups excluding carboxylic acids is 4. The maximum Gasteiger partial charge on any atom is 0.335 e. The van der Waals surface area contributed by atoms with Crippen LogP contribution in [-0.4, -0.2) is 44.1 Å². The van der Waals surface area contributed by atoms with Crippen molar-refractivity contribution in [3.05, 3.63) is 82.4 Å². The SMILES string of the molecule is CCOc1cc(/C=C2/C(=O)NC(=O)N(c3cccc(Cl)c3C)C2=O)ccc1OCC(=O)Nc1ccccc1OC. The molecule has 1 fully saturated rings. The fourth-order valence-electron chi connectivity index (χ4n) is 3.96. The van der Waals surface area contributed by atoms with E-state index in [0.29, 0.717) is 39.9 Å². The lowest BCUT2D eigenvalue weighted by Gasteiger charge is -2.27. The minimum Gasteiger partial charge on any atom is -0.495 e. The molecular weight excluding hydrogens is 538 g/mol. The molecule has 0 bridgehead atoms. The number of benzene rings is 3. The van der Waals surface area contributed by atoms with Crippen molar-refractivity contribution in [2.75, 3.05) is 30.5 Å². The number of halogens is 1. The van der Waals surface area contributed by atoms with E-state index in [1.54, 1.807) is 74.5 Å². The Morgan fingerprint density at radius 3 is 2.52 bits per heavy atom. The summed E-state index contributed by atoms with van der Waals surface area (Å²) in [5.41, 5.74) is 1.45. The first kappa shape index (κ1) is 28.2. The molecule has 0 radical (unpaired) electrons. The third kappa shape index (κ3) is 6.08. The molecule has 0 saturated carbocycles. The van der Waals surface area contributed by atoms with Crippen LogP contribution in [0.25, 0.3) is 6.08 Å². The summed E-state index contributed by atoms with van der Waals surface area (Å²) in [4.78, 5) is 51.8. The monoisotopic (exact) mass is 563 g/mol. The van der Waals surface area contributed by atoms with Gasteiger partial charge in [0, 0.05) is 5.02 Å². The average molecular weight is 564 g/mol. The first-order chi connectivity index (χ1) is 19.2. The number of barbiturate groups is 1. The maximum absolute atomic E-state index is 13.3. The van der Waals surface area contributed by atoms with E-state index in [-0.39, 0.29) is 23.6 Å². The zero-order valence-corrected chi connectivity index (χ0v) is 22.7. The number of para-hydroxylation sites is 2. The van der Waals surface area contributed by atoms with E-state index in [2.05, 4.69) is 10.6 Å². The Labute approximate surface area is 235 Å². The molecule has 11 heteroatoms. The minimum atomic E-state index is -0.873. The van der Waals surface area contributed by atoms with Gasteiger partial charge in [-0.25, -0.2) is 9.69 Å². The Kier molecular flexibility index (Phi) is 8.70. The Morgan fingerprint density at radius 1 is 1.00 bits per heavy atom. The second-order valence-electron chi connectivity index (χ2n) is 8.52.